The third kappa shape index (κ3) is 2.80. The Morgan fingerprint density at radius 3 is 2.68 bits per heavy atom. The maximum Gasteiger partial charge on any atom is 0.132 e. The topological polar surface area (TPSA) is 38.1 Å². The van der Waals surface area contributed by atoms with Gasteiger partial charge < -0.3 is 5.11 Å². The molecule has 1 aromatic carbocycles. The van der Waals surface area contributed by atoms with Gasteiger partial charge in [0.2, 0.25) is 0 Å². The zero-order valence-electron chi connectivity index (χ0n) is 11.1. The molecule has 0 spiro atoms. The minimum Gasteiger partial charge on any atom is -0.388 e. The van der Waals surface area contributed by atoms with E-state index in [2.05, 4.69) is 5.10 Å². The van der Waals surface area contributed by atoms with E-state index >= 15 is 0 Å². The van der Waals surface area contributed by atoms with E-state index in [0.717, 1.165) is 11.1 Å². The van der Waals surface area contributed by atoms with Gasteiger partial charge in [0.15, 0.2) is 0 Å². The van der Waals surface area contributed by atoms with Crippen molar-refractivity contribution in [2.45, 2.75) is 26.4 Å². The maximum atomic E-state index is 13.2. The Labute approximate surface area is 116 Å². The van der Waals surface area contributed by atoms with Crippen LogP contribution < -0.4 is 0 Å². The number of hydrogen-bond donors (Lipinski definition) is 1. The van der Waals surface area contributed by atoms with Gasteiger partial charge in [-0.05, 0) is 37.1 Å². The van der Waals surface area contributed by atoms with Crippen LogP contribution in [-0.2, 0) is 13.5 Å². The SMILES string of the molecule is Cc1ccc(F)cc1CC(O)c1c(C)nn(C)c1Cl. The lowest BCUT2D eigenvalue weighted by Gasteiger charge is -2.13. The molecule has 0 fully saturated rings. The molecule has 0 aliphatic carbocycles. The van der Waals surface area contributed by atoms with Gasteiger partial charge in [-0.3, -0.25) is 4.68 Å². The second-order valence-corrected chi connectivity index (χ2v) is 5.06. The lowest BCUT2D eigenvalue weighted by Crippen LogP contribution is -2.05. The molecule has 0 amide bonds. The Morgan fingerprint density at radius 1 is 1.42 bits per heavy atom. The van der Waals surface area contributed by atoms with E-state index in [-0.39, 0.29) is 5.82 Å². The molecule has 0 saturated carbocycles. The van der Waals surface area contributed by atoms with E-state index in [4.69, 9.17) is 11.6 Å². The fourth-order valence-electron chi connectivity index (χ4n) is 2.20. The first kappa shape index (κ1) is 14.0. The van der Waals surface area contributed by atoms with Gasteiger partial charge in [0.1, 0.15) is 11.0 Å². The Kier molecular flexibility index (Phi) is 3.92. The van der Waals surface area contributed by atoms with Crippen LogP contribution in [0.2, 0.25) is 5.15 Å². The molecule has 0 saturated heterocycles. The zero-order valence-corrected chi connectivity index (χ0v) is 11.9. The third-order valence-electron chi connectivity index (χ3n) is 3.25. The summed E-state index contributed by atoms with van der Waals surface area (Å²) in [6.45, 7) is 3.68. The first-order chi connectivity index (χ1) is 8.90. The zero-order chi connectivity index (χ0) is 14.2. The second kappa shape index (κ2) is 5.31. The molecule has 5 heteroatoms. The highest BCUT2D eigenvalue weighted by Crippen LogP contribution is 2.29. The van der Waals surface area contributed by atoms with Crippen LogP contribution in [0.1, 0.15) is 28.5 Å². The molecular formula is C14H16ClFN2O. The Morgan fingerprint density at radius 2 is 2.11 bits per heavy atom. The standard InChI is InChI=1S/C14H16ClFN2O/c1-8-4-5-11(16)6-10(8)7-12(19)13-9(2)17-18(3)14(13)15/h4-6,12,19H,7H2,1-3H3. The van der Waals surface area contributed by atoms with Crippen molar-refractivity contribution in [2.24, 2.45) is 7.05 Å². The predicted molar refractivity (Wildman–Crippen MR) is 72.8 cm³/mol. The molecule has 0 aliphatic heterocycles. The Balaban J connectivity index is 2.30. The van der Waals surface area contributed by atoms with Crippen LogP contribution in [0.3, 0.4) is 0 Å². The number of hydrogen-bond acceptors (Lipinski definition) is 2. The number of halogens is 2. The normalized spacial score (nSPS) is 12.7. The predicted octanol–water partition coefficient (Wildman–Crippen LogP) is 3.11. The molecule has 1 N–H and O–H groups in total. The van der Waals surface area contributed by atoms with E-state index in [0.29, 0.717) is 22.8 Å². The number of aliphatic hydroxyl groups excluding tert-OH is 1. The Bertz CT molecular complexity index is 610. The van der Waals surface area contributed by atoms with Gasteiger partial charge in [-0.2, -0.15) is 5.10 Å². The number of benzene rings is 1. The molecule has 0 radical (unpaired) electrons. The number of aliphatic hydroxyl groups is 1. The largest absolute Gasteiger partial charge is 0.388 e. The maximum absolute atomic E-state index is 13.2. The summed E-state index contributed by atoms with van der Waals surface area (Å²) in [6.07, 6.45) is -0.475. The first-order valence-corrected chi connectivity index (χ1v) is 6.40. The first-order valence-electron chi connectivity index (χ1n) is 6.02. The molecule has 3 nitrogen and oxygen atoms in total. The van der Waals surface area contributed by atoms with Gasteiger partial charge in [0.25, 0.3) is 0 Å². The summed E-state index contributed by atoms with van der Waals surface area (Å²) < 4.78 is 14.8. The molecule has 1 aromatic heterocycles. The molecule has 2 rings (SSSR count). The molecule has 0 bridgehead atoms. The quantitative estimate of drug-likeness (QED) is 0.939. The van der Waals surface area contributed by atoms with Crippen molar-refractivity contribution in [3.8, 4) is 0 Å². The summed E-state index contributed by atoms with van der Waals surface area (Å²) in [5.74, 6) is -0.304. The van der Waals surface area contributed by atoms with Gasteiger partial charge in [-0.25, -0.2) is 4.39 Å². The molecule has 2 aromatic rings. The van der Waals surface area contributed by atoms with E-state index < -0.39 is 6.10 Å². The number of aromatic nitrogens is 2. The number of rotatable bonds is 3. The van der Waals surface area contributed by atoms with Crippen molar-refractivity contribution in [2.75, 3.05) is 0 Å². The van der Waals surface area contributed by atoms with Crippen LogP contribution in [0.25, 0.3) is 0 Å². The molecule has 19 heavy (non-hydrogen) atoms. The van der Waals surface area contributed by atoms with Crippen LogP contribution in [-0.4, -0.2) is 14.9 Å². The summed E-state index contributed by atoms with van der Waals surface area (Å²) >= 11 is 6.11. The fourth-order valence-corrected chi connectivity index (χ4v) is 2.50. The summed E-state index contributed by atoms with van der Waals surface area (Å²) in [5, 5.41) is 14.9. The van der Waals surface area contributed by atoms with Crippen LogP contribution in [0, 0.1) is 19.7 Å². The van der Waals surface area contributed by atoms with E-state index in [1.54, 1.807) is 20.0 Å². The fraction of sp³-hybridized carbons (Fsp3) is 0.357. The molecule has 102 valence electrons. The molecular weight excluding hydrogens is 267 g/mol. The summed E-state index contributed by atoms with van der Waals surface area (Å²) in [5.41, 5.74) is 3.01. The lowest BCUT2D eigenvalue weighted by molar-refractivity contribution is 0.177. The van der Waals surface area contributed by atoms with Gasteiger partial charge in [0.05, 0.1) is 11.8 Å². The molecule has 0 aliphatic rings. The summed E-state index contributed by atoms with van der Waals surface area (Å²) in [6, 6.07) is 4.56. The van der Waals surface area contributed by atoms with Gasteiger partial charge in [-0.1, -0.05) is 17.7 Å². The van der Waals surface area contributed by atoms with Crippen LogP contribution in [0.5, 0.6) is 0 Å². The van der Waals surface area contributed by atoms with Crippen molar-refractivity contribution in [1.29, 1.82) is 0 Å². The van der Waals surface area contributed by atoms with Gasteiger partial charge >= 0.3 is 0 Å². The summed E-state index contributed by atoms with van der Waals surface area (Å²) in [4.78, 5) is 0. The highest BCUT2D eigenvalue weighted by atomic mass is 35.5. The van der Waals surface area contributed by atoms with Crippen LogP contribution in [0.4, 0.5) is 4.39 Å². The third-order valence-corrected chi connectivity index (χ3v) is 3.70. The van der Waals surface area contributed by atoms with Gasteiger partial charge in [0, 0.05) is 19.0 Å². The second-order valence-electron chi connectivity index (χ2n) is 4.70. The van der Waals surface area contributed by atoms with Crippen molar-refractivity contribution in [3.63, 3.8) is 0 Å². The van der Waals surface area contributed by atoms with Gasteiger partial charge in [-0.15, -0.1) is 0 Å². The summed E-state index contributed by atoms with van der Waals surface area (Å²) in [7, 11) is 1.72. The minimum atomic E-state index is -0.790. The lowest BCUT2D eigenvalue weighted by atomic mass is 9.98. The molecule has 1 heterocycles. The van der Waals surface area contributed by atoms with Crippen molar-refractivity contribution < 1.29 is 9.50 Å². The number of aryl methyl sites for hydroxylation is 3. The monoisotopic (exact) mass is 282 g/mol. The van der Waals surface area contributed by atoms with E-state index in [1.807, 2.05) is 6.92 Å². The van der Waals surface area contributed by atoms with E-state index in [1.165, 1.54) is 16.8 Å². The number of nitrogens with zero attached hydrogens (tertiary/aromatic N) is 2. The average Bonchev–Trinajstić information content (AvgIpc) is 2.58. The highest BCUT2D eigenvalue weighted by molar-refractivity contribution is 6.30. The smallest absolute Gasteiger partial charge is 0.132 e. The van der Waals surface area contributed by atoms with Crippen molar-refractivity contribution >= 4 is 11.6 Å². The molecule has 1 atom stereocenters. The Hall–Kier alpha value is -1.39. The molecule has 1 unspecified atom stereocenters. The minimum absolute atomic E-state index is 0.304. The average molecular weight is 283 g/mol. The van der Waals surface area contributed by atoms with Crippen LogP contribution >= 0.6 is 11.6 Å². The highest BCUT2D eigenvalue weighted by Gasteiger charge is 2.20. The van der Waals surface area contributed by atoms with Crippen molar-refractivity contribution in [3.05, 3.63) is 51.6 Å². The van der Waals surface area contributed by atoms with Crippen molar-refractivity contribution in [1.82, 2.24) is 9.78 Å². The van der Waals surface area contributed by atoms with E-state index in [9.17, 15) is 9.50 Å². The van der Waals surface area contributed by atoms with Crippen LogP contribution in [0.15, 0.2) is 18.2 Å².